The third-order valence-corrected chi connectivity index (χ3v) is 14.1. The summed E-state index contributed by atoms with van der Waals surface area (Å²) in [5.41, 5.74) is 9.14. The van der Waals surface area contributed by atoms with Gasteiger partial charge in [-0.1, -0.05) is 0 Å². The number of hydrogen-bond acceptors (Lipinski definition) is 0. The van der Waals surface area contributed by atoms with Crippen molar-refractivity contribution in [1.29, 1.82) is 0 Å². The van der Waals surface area contributed by atoms with Crippen LogP contribution in [0.25, 0.3) is 11.1 Å². The Bertz CT molecular complexity index is 976. The summed E-state index contributed by atoms with van der Waals surface area (Å²) in [6, 6.07) is 16.0. The molecule has 1 unspecified atom stereocenters. The van der Waals surface area contributed by atoms with Crippen LogP contribution in [0.1, 0.15) is 45.7 Å². The van der Waals surface area contributed by atoms with Crippen LogP contribution in [0.3, 0.4) is 0 Å². The molecule has 0 heterocycles. The van der Waals surface area contributed by atoms with Crippen LogP contribution in [-0.2, 0) is 27.7 Å². The van der Waals surface area contributed by atoms with Gasteiger partial charge in [-0.2, -0.15) is 0 Å². The van der Waals surface area contributed by atoms with Gasteiger partial charge in [0, 0.05) is 0 Å². The van der Waals surface area contributed by atoms with Gasteiger partial charge in [-0.3, -0.25) is 0 Å². The van der Waals surface area contributed by atoms with Crippen molar-refractivity contribution in [2.75, 3.05) is 0 Å². The number of rotatable bonds is 2. The molecule has 0 saturated carbocycles. The molecular weight excluding hydrogens is 450 g/mol. The Kier molecular flexibility index (Phi) is 7.29. The molecule has 1 atom stereocenters. The molecule has 0 radical (unpaired) electrons. The third-order valence-electron chi connectivity index (χ3n) is 5.84. The molecule has 2 aromatic rings. The number of allylic oxidation sites excluding steroid dienone is 4. The van der Waals surface area contributed by atoms with E-state index in [0.29, 0.717) is 5.92 Å². The van der Waals surface area contributed by atoms with Gasteiger partial charge in [-0.15, -0.1) is 0 Å². The quantitative estimate of drug-likeness (QED) is 0.472. The van der Waals surface area contributed by atoms with Crippen LogP contribution < -0.4 is 28.1 Å². The normalized spacial score (nSPS) is 16.4. The fraction of sp³-hybridized carbons (Fsp3) is 0.292. The fourth-order valence-electron chi connectivity index (χ4n) is 4.63. The zero-order chi connectivity index (χ0) is 17.7. The van der Waals surface area contributed by atoms with Crippen LogP contribution in [-0.4, -0.2) is 3.21 Å². The molecule has 0 spiro atoms. The Labute approximate surface area is 183 Å². The van der Waals surface area contributed by atoms with Crippen molar-refractivity contribution in [2.45, 2.75) is 41.0 Å². The second kappa shape index (κ2) is 8.73. The maximum absolute atomic E-state index is 2.48. The van der Waals surface area contributed by atoms with Gasteiger partial charge in [0.15, 0.2) is 0 Å². The molecule has 0 aliphatic heterocycles. The minimum absolute atomic E-state index is 0. The molecule has 2 aliphatic rings. The van der Waals surface area contributed by atoms with Crippen LogP contribution in [0, 0.1) is 5.92 Å². The second-order valence-electron chi connectivity index (χ2n) is 7.72. The summed E-state index contributed by atoms with van der Waals surface area (Å²) in [5.74, 6) is 0.615. The average molecular weight is 477 g/mol. The Balaban J connectivity index is 0.00000131. The van der Waals surface area contributed by atoms with E-state index in [-0.39, 0.29) is 24.8 Å². The van der Waals surface area contributed by atoms with Gasteiger partial charge in [0.25, 0.3) is 0 Å². The molecule has 140 valence electrons. The van der Waals surface area contributed by atoms with Gasteiger partial charge < -0.3 is 24.8 Å². The van der Waals surface area contributed by atoms with Crippen molar-refractivity contribution >= 4 is 6.48 Å². The number of benzene rings is 2. The van der Waals surface area contributed by atoms with Crippen molar-refractivity contribution in [1.82, 2.24) is 0 Å². The van der Waals surface area contributed by atoms with Crippen LogP contribution in [0.15, 0.2) is 63.0 Å². The molecule has 2 aromatic carbocycles. The van der Waals surface area contributed by atoms with E-state index < -0.39 is 21.3 Å². The molecule has 27 heavy (non-hydrogen) atoms. The van der Waals surface area contributed by atoms with E-state index >= 15 is 0 Å². The SMILES string of the molecule is CC1=CC(C)[C]([Zr+2](=[C](C)C)[c]2cccc3c2Cc2ccccc2-3)=C1C.[Cl-].[Cl-]. The number of hydrogen-bond donors (Lipinski definition) is 0. The molecule has 3 heteroatoms. The van der Waals surface area contributed by atoms with E-state index in [1.54, 1.807) is 20.9 Å². The summed E-state index contributed by atoms with van der Waals surface area (Å²) in [4.78, 5) is 0. The van der Waals surface area contributed by atoms with Crippen molar-refractivity contribution in [3.8, 4) is 11.1 Å². The zero-order valence-electron chi connectivity index (χ0n) is 16.7. The fourth-order valence-corrected chi connectivity index (χ4v) is 12.7. The van der Waals surface area contributed by atoms with E-state index in [2.05, 4.69) is 83.2 Å². The average Bonchev–Trinajstić information content (AvgIpc) is 3.08. The van der Waals surface area contributed by atoms with E-state index in [9.17, 15) is 0 Å². The van der Waals surface area contributed by atoms with Gasteiger partial charge in [0.2, 0.25) is 0 Å². The van der Waals surface area contributed by atoms with E-state index in [1.165, 1.54) is 22.3 Å². The molecule has 0 saturated heterocycles. The van der Waals surface area contributed by atoms with Crippen molar-refractivity contribution in [3.05, 3.63) is 74.1 Å². The predicted molar refractivity (Wildman–Crippen MR) is 106 cm³/mol. The first-order chi connectivity index (χ1) is 12.0. The zero-order valence-corrected chi connectivity index (χ0v) is 20.6. The van der Waals surface area contributed by atoms with Crippen LogP contribution in [0.4, 0.5) is 0 Å². The molecule has 0 fully saturated rings. The summed E-state index contributed by atoms with van der Waals surface area (Å²) in [6.07, 6.45) is 3.60. The second-order valence-corrected chi connectivity index (χ2v) is 14.7. The Morgan fingerprint density at radius 1 is 0.926 bits per heavy atom. The first-order valence-corrected chi connectivity index (χ1v) is 13.0. The Hall–Kier alpha value is -0.747. The molecule has 2 aliphatic carbocycles. The standard InChI is InChI=1S/C13H9.C8H11.C3H6.2ClH.Zr/c1-3-7-12-10(5-1)9-11-6-2-4-8-13(11)12;1-6-4-7(2)8(3)5-6;1-3-2;;;/h1-5,7-8H,9H2;4,6H,1-3H3;1-2H3;2*1H;/q;;;;;+2/p-2. The Morgan fingerprint density at radius 3 is 2.22 bits per heavy atom. The van der Waals surface area contributed by atoms with Gasteiger partial charge in [0.1, 0.15) is 0 Å². The number of halogens is 2. The van der Waals surface area contributed by atoms with Crippen LogP contribution in [0.2, 0.25) is 0 Å². The maximum Gasteiger partial charge on any atom is -1.00 e. The van der Waals surface area contributed by atoms with Gasteiger partial charge in [-0.05, 0) is 0 Å². The topological polar surface area (TPSA) is 0 Å². The monoisotopic (exact) mass is 474 g/mol. The van der Waals surface area contributed by atoms with Crippen LogP contribution in [0.5, 0.6) is 0 Å². The maximum atomic E-state index is 2.48. The number of fused-ring (bicyclic) bond motifs is 3. The minimum Gasteiger partial charge on any atom is -1.00 e. The summed E-state index contributed by atoms with van der Waals surface area (Å²) in [7, 11) is 0. The van der Waals surface area contributed by atoms with Gasteiger partial charge in [0.05, 0.1) is 0 Å². The summed E-state index contributed by atoms with van der Waals surface area (Å²) >= 11 is -2.02. The van der Waals surface area contributed by atoms with Gasteiger partial charge >= 0.3 is 160 Å². The summed E-state index contributed by atoms with van der Waals surface area (Å²) in [5, 5.41) is 0. The minimum atomic E-state index is -2.02. The molecule has 0 aromatic heterocycles. The first kappa shape index (κ1) is 22.5. The van der Waals surface area contributed by atoms with E-state index in [0.717, 1.165) is 6.42 Å². The smallest absolute Gasteiger partial charge is 1.00 e. The van der Waals surface area contributed by atoms with Crippen molar-refractivity contribution in [3.63, 3.8) is 0 Å². The van der Waals surface area contributed by atoms with Crippen molar-refractivity contribution < 1.29 is 46.1 Å². The van der Waals surface area contributed by atoms with Crippen molar-refractivity contribution in [2.24, 2.45) is 5.92 Å². The first-order valence-electron chi connectivity index (χ1n) is 9.27. The Morgan fingerprint density at radius 2 is 1.59 bits per heavy atom. The molecular formula is C24H26Cl2Zr. The third kappa shape index (κ3) is 3.76. The van der Waals surface area contributed by atoms with Crippen LogP contribution >= 0.6 is 0 Å². The predicted octanol–water partition coefficient (Wildman–Crippen LogP) is -0.408. The summed E-state index contributed by atoms with van der Waals surface area (Å²) in [6.45, 7) is 11.8. The van der Waals surface area contributed by atoms with E-state index in [1.807, 2.05) is 0 Å². The molecule has 4 rings (SSSR count). The largest absolute Gasteiger partial charge is 1.00 e. The van der Waals surface area contributed by atoms with E-state index in [4.69, 9.17) is 0 Å². The molecule has 0 nitrogen and oxygen atoms in total. The van der Waals surface area contributed by atoms with Gasteiger partial charge in [-0.25, -0.2) is 0 Å². The summed E-state index contributed by atoms with van der Waals surface area (Å²) < 4.78 is 5.20. The molecule has 0 amide bonds. The molecule has 0 bridgehead atoms. The molecule has 0 N–H and O–H groups in total.